The Bertz CT molecular complexity index is 349. The van der Waals surface area contributed by atoms with Gasteiger partial charge < -0.3 is 15.2 Å². The van der Waals surface area contributed by atoms with E-state index >= 15 is 0 Å². The van der Waals surface area contributed by atoms with Crippen molar-refractivity contribution in [3.63, 3.8) is 0 Å². The van der Waals surface area contributed by atoms with Crippen molar-refractivity contribution >= 4 is 12.1 Å². The molecule has 0 aliphatic heterocycles. The van der Waals surface area contributed by atoms with Gasteiger partial charge in [0.15, 0.2) is 0 Å². The normalized spacial score (nSPS) is 20.3. The molecule has 1 aliphatic carbocycles. The van der Waals surface area contributed by atoms with E-state index in [1.54, 1.807) is 20.8 Å². The minimum atomic E-state index is -0.897. The van der Waals surface area contributed by atoms with Crippen LogP contribution in [0.2, 0.25) is 0 Å². The van der Waals surface area contributed by atoms with Crippen molar-refractivity contribution < 1.29 is 19.4 Å². The van der Waals surface area contributed by atoms with E-state index < -0.39 is 17.7 Å². The highest BCUT2D eigenvalue weighted by Gasteiger charge is 2.42. The van der Waals surface area contributed by atoms with Crippen molar-refractivity contribution in [1.82, 2.24) is 5.32 Å². The Kier molecular flexibility index (Phi) is 4.48. The molecule has 0 aromatic carbocycles. The molecule has 0 bridgehead atoms. The molecule has 0 heterocycles. The van der Waals surface area contributed by atoms with Crippen LogP contribution < -0.4 is 5.32 Å². The Morgan fingerprint density at radius 3 is 2.26 bits per heavy atom. The third-order valence-electron chi connectivity index (χ3n) is 3.30. The number of carboxylic acid groups (broad SMARTS) is 1. The largest absolute Gasteiger partial charge is 0.481 e. The first-order valence-electron chi connectivity index (χ1n) is 6.70. The molecule has 1 saturated carbocycles. The standard InChI is InChI=1S/C14H25NO4/c1-13(2,3)19-12(18)15-10(6-11(16)17)9-7-14(4,5)8-9/h9-10H,6-8H2,1-5H3,(H,15,18)(H,16,17)/t10-/m1/s1. The molecule has 5 heteroatoms. The third-order valence-corrected chi connectivity index (χ3v) is 3.30. The first kappa shape index (κ1) is 15.8. The van der Waals surface area contributed by atoms with E-state index in [4.69, 9.17) is 9.84 Å². The number of rotatable bonds is 4. The monoisotopic (exact) mass is 271 g/mol. The van der Waals surface area contributed by atoms with Crippen molar-refractivity contribution in [2.45, 2.75) is 65.5 Å². The molecule has 110 valence electrons. The van der Waals surface area contributed by atoms with Crippen LogP contribution in [-0.4, -0.2) is 28.8 Å². The van der Waals surface area contributed by atoms with E-state index in [0.717, 1.165) is 12.8 Å². The summed E-state index contributed by atoms with van der Waals surface area (Å²) in [6.45, 7) is 9.64. The summed E-state index contributed by atoms with van der Waals surface area (Å²) in [5.74, 6) is -0.676. The first-order chi connectivity index (χ1) is 8.48. The molecule has 1 aliphatic rings. The third kappa shape index (κ3) is 5.49. The maximum absolute atomic E-state index is 11.7. The van der Waals surface area contributed by atoms with Gasteiger partial charge in [0.05, 0.1) is 6.42 Å². The Balaban J connectivity index is 2.56. The summed E-state index contributed by atoms with van der Waals surface area (Å²) < 4.78 is 5.18. The number of alkyl carbamates (subject to hydrolysis) is 1. The second-order valence-electron chi connectivity index (χ2n) is 7.18. The van der Waals surface area contributed by atoms with E-state index in [-0.39, 0.29) is 23.8 Å². The van der Waals surface area contributed by atoms with Gasteiger partial charge >= 0.3 is 12.1 Å². The van der Waals surface area contributed by atoms with Crippen LogP contribution >= 0.6 is 0 Å². The van der Waals surface area contributed by atoms with Crippen molar-refractivity contribution in [3.8, 4) is 0 Å². The van der Waals surface area contributed by atoms with Gasteiger partial charge in [-0.2, -0.15) is 0 Å². The number of carbonyl (C=O) groups excluding carboxylic acids is 1. The van der Waals surface area contributed by atoms with E-state index in [1.165, 1.54) is 0 Å². The lowest BCUT2D eigenvalue weighted by Crippen LogP contribution is -2.50. The maximum atomic E-state index is 11.7. The highest BCUT2D eigenvalue weighted by molar-refractivity contribution is 5.71. The second kappa shape index (κ2) is 5.39. The van der Waals surface area contributed by atoms with Gasteiger partial charge in [0.2, 0.25) is 0 Å². The van der Waals surface area contributed by atoms with Crippen LogP contribution in [0.15, 0.2) is 0 Å². The fraction of sp³-hybridized carbons (Fsp3) is 0.857. The number of carboxylic acids is 1. The highest BCUT2D eigenvalue weighted by Crippen LogP contribution is 2.46. The van der Waals surface area contributed by atoms with Crippen molar-refractivity contribution in [2.24, 2.45) is 11.3 Å². The van der Waals surface area contributed by atoms with Gasteiger partial charge in [0.1, 0.15) is 5.60 Å². The van der Waals surface area contributed by atoms with Gasteiger partial charge in [0.25, 0.3) is 0 Å². The van der Waals surface area contributed by atoms with E-state index in [0.29, 0.717) is 0 Å². The zero-order valence-electron chi connectivity index (χ0n) is 12.4. The SMILES string of the molecule is CC1(C)CC([C@@H](CC(=O)O)NC(=O)OC(C)(C)C)C1. The van der Waals surface area contributed by atoms with E-state index in [9.17, 15) is 9.59 Å². The zero-order valence-corrected chi connectivity index (χ0v) is 12.4. The van der Waals surface area contributed by atoms with Crippen LogP contribution in [0, 0.1) is 11.3 Å². The quantitative estimate of drug-likeness (QED) is 0.824. The molecule has 0 radical (unpaired) electrons. The Morgan fingerprint density at radius 2 is 1.89 bits per heavy atom. The van der Waals surface area contributed by atoms with Crippen molar-refractivity contribution in [2.75, 3.05) is 0 Å². The maximum Gasteiger partial charge on any atom is 0.407 e. The molecule has 0 aromatic heterocycles. The number of ether oxygens (including phenoxy) is 1. The van der Waals surface area contributed by atoms with Crippen molar-refractivity contribution in [1.29, 1.82) is 0 Å². The summed E-state index contributed by atoms with van der Waals surface area (Å²) in [5.41, 5.74) is -0.326. The average Bonchev–Trinajstić information content (AvgIpc) is 2.08. The van der Waals surface area contributed by atoms with Crippen LogP contribution in [0.5, 0.6) is 0 Å². The fourth-order valence-electron chi connectivity index (χ4n) is 2.63. The first-order valence-corrected chi connectivity index (χ1v) is 6.70. The summed E-state index contributed by atoms with van der Waals surface area (Å²) in [7, 11) is 0. The summed E-state index contributed by atoms with van der Waals surface area (Å²) in [6.07, 6.45) is 1.27. The molecule has 1 amide bonds. The van der Waals surface area contributed by atoms with Gasteiger partial charge in [-0.1, -0.05) is 13.8 Å². The molecular weight excluding hydrogens is 246 g/mol. The summed E-state index contributed by atoms with van der Waals surface area (Å²) in [4.78, 5) is 22.6. The van der Waals surface area contributed by atoms with Gasteiger partial charge in [-0.3, -0.25) is 4.79 Å². The van der Waals surface area contributed by atoms with Gasteiger partial charge in [0, 0.05) is 6.04 Å². The Labute approximate surface area is 114 Å². The Hall–Kier alpha value is -1.26. The molecule has 1 rings (SSSR count). The zero-order chi connectivity index (χ0) is 14.8. The number of aliphatic carboxylic acids is 1. The van der Waals surface area contributed by atoms with Crippen molar-refractivity contribution in [3.05, 3.63) is 0 Å². The molecule has 0 saturated heterocycles. The molecular formula is C14H25NO4. The van der Waals surface area contributed by atoms with Crippen LogP contribution in [-0.2, 0) is 9.53 Å². The number of nitrogens with one attached hydrogen (secondary N) is 1. The molecule has 0 aromatic rings. The molecule has 1 fully saturated rings. The van der Waals surface area contributed by atoms with Gasteiger partial charge in [-0.15, -0.1) is 0 Å². The predicted octanol–water partition coefficient (Wildman–Crippen LogP) is 2.79. The minimum Gasteiger partial charge on any atom is -0.481 e. The lowest BCUT2D eigenvalue weighted by Gasteiger charge is -2.46. The number of carbonyl (C=O) groups is 2. The number of amides is 1. The van der Waals surface area contributed by atoms with Crippen LogP contribution in [0.4, 0.5) is 4.79 Å². The molecule has 19 heavy (non-hydrogen) atoms. The highest BCUT2D eigenvalue weighted by atomic mass is 16.6. The Morgan fingerprint density at radius 1 is 1.37 bits per heavy atom. The van der Waals surface area contributed by atoms with Gasteiger partial charge in [-0.25, -0.2) is 4.79 Å². The summed E-state index contributed by atoms with van der Waals surface area (Å²) in [5, 5.41) is 11.6. The number of hydrogen-bond acceptors (Lipinski definition) is 3. The topological polar surface area (TPSA) is 75.6 Å². The second-order valence-corrected chi connectivity index (χ2v) is 7.18. The lowest BCUT2D eigenvalue weighted by atomic mass is 9.61. The summed E-state index contributed by atoms with van der Waals surface area (Å²) in [6, 6.07) is -0.347. The van der Waals surface area contributed by atoms with Crippen LogP contribution in [0.3, 0.4) is 0 Å². The molecule has 5 nitrogen and oxygen atoms in total. The van der Waals surface area contributed by atoms with Crippen LogP contribution in [0.25, 0.3) is 0 Å². The van der Waals surface area contributed by atoms with Crippen LogP contribution in [0.1, 0.15) is 53.9 Å². The van der Waals surface area contributed by atoms with E-state index in [1.807, 2.05) is 0 Å². The fourth-order valence-corrected chi connectivity index (χ4v) is 2.63. The smallest absolute Gasteiger partial charge is 0.407 e. The van der Waals surface area contributed by atoms with E-state index in [2.05, 4.69) is 19.2 Å². The summed E-state index contributed by atoms with van der Waals surface area (Å²) >= 11 is 0. The van der Waals surface area contributed by atoms with Gasteiger partial charge in [-0.05, 0) is 44.9 Å². The predicted molar refractivity (Wildman–Crippen MR) is 71.9 cm³/mol. The molecule has 1 atom stereocenters. The number of hydrogen-bond donors (Lipinski definition) is 2. The average molecular weight is 271 g/mol. The minimum absolute atomic E-state index is 0.0556. The molecule has 2 N–H and O–H groups in total. The molecule has 0 spiro atoms. The molecule has 0 unspecified atom stereocenters. The lowest BCUT2D eigenvalue weighted by molar-refractivity contribution is -0.138.